The van der Waals surface area contributed by atoms with Gasteiger partial charge in [0.1, 0.15) is 5.82 Å². The Labute approximate surface area is 112 Å². The van der Waals surface area contributed by atoms with E-state index in [0.717, 1.165) is 11.8 Å². The van der Waals surface area contributed by atoms with Crippen LogP contribution in [-0.2, 0) is 0 Å². The van der Waals surface area contributed by atoms with E-state index < -0.39 is 10.7 Å². The minimum absolute atomic E-state index is 0.00198. The van der Waals surface area contributed by atoms with E-state index in [4.69, 9.17) is 11.6 Å². The molecule has 2 aromatic rings. The molecule has 0 aromatic heterocycles. The summed E-state index contributed by atoms with van der Waals surface area (Å²) in [7, 11) is 0. The molecule has 2 aromatic carbocycles. The Balaban J connectivity index is 2.34. The fraction of sp³-hybridized carbons (Fsp3) is 0. The number of nitro benzene ring substituents is 1. The molecule has 0 fully saturated rings. The third-order valence-electron chi connectivity index (χ3n) is 2.18. The standard InChI is InChI=1S/C12H7ClFNO2S/c13-9-6-5-8(7-10(9)14)18-12-4-2-1-3-11(12)15(16)17/h1-7H. The SMILES string of the molecule is O=[N+]([O-])c1ccccc1Sc1ccc(Cl)c(F)c1. The zero-order valence-electron chi connectivity index (χ0n) is 8.97. The highest BCUT2D eigenvalue weighted by molar-refractivity contribution is 7.99. The molecule has 0 aliphatic rings. The van der Waals surface area contributed by atoms with Crippen molar-refractivity contribution in [1.29, 1.82) is 0 Å². The van der Waals surface area contributed by atoms with E-state index in [9.17, 15) is 14.5 Å². The third-order valence-corrected chi connectivity index (χ3v) is 3.54. The van der Waals surface area contributed by atoms with Crippen molar-refractivity contribution in [2.24, 2.45) is 0 Å². The largest absolute Gasteiger partial charge is 0.283 e. The predicted octanol–water partition coefficient (Wildman–Crippen LogP) is 4.54. The summed E-state index contributed by atoms with van der Waals surface area (Å²) in [6, 6.07) is 10.6. The van der Waals surface area contributed by atoms with Gasteiger partial charge >= 0.3 is 0 Å². The molecule has 0 bridgehead atoms. The van der Waals surface area contributed by atoms with Gasteiger partial charge in [0.2, 0.25) is 0 Å². The van der Waals surface area contributed by atoms with Crippen molar-refractivity contribution in [2.45, 2.75) is 9.79 Å². The first-order valence-corrected chi connectivity index (χ1v) is 6.13. The van der Waals surface area contributed by atoms with E-state index in [1.165, 1.54) is 18.2 Å². The normalized spacial score (nSPS) is 10.3. The molecule has 3 nitrogen and oxygen atoms in total. The number of hydrogen-bond donors (Lipinski definition) is 0. The lowest BCUT2D eigenvalue weighted by atomic mass is 10.3. The van der Waals surface area contributed by atoms with Crippen molar-refractivity contribution in [3.05, 3.63) is 63.4 Å². The zero-order valence-corrected chi connectivity index (χ0v) is 10.5. The maximum atomic E-state index is 13.3. The van der Waals surface area contributed by atoms with Gasteiger partial charge in [-0.15, -0.1) is 0 Å². The summed E-state index contributed by atoms with van der Waals surface area (Å²) in [6.07, 6.45) is 0. The van der Waals surface area contributed by atoms with Gasteiger partial charge in [-0.25, -0.2) is 4.39 Å². The van der Waals surface area contributed by atoms with Crippen LogP contribution in [0.5, 0.6) is 0 Å². The first-order valence-electron chi connectivity index (χ1n) is 4.94. The van der Waals surface area contributed by atoms with Crippen molar-refractivity contribution >= 4 is 29.1 Å². The van der Waals surface area contributed by atoms with Crippen LogP contribution in [-0.4, -0.2) is 4.92 Å². The van der Waals surface area contributed by atoms with E-state index in [2.05, 4.69) is 0 Å². The van der Waals surface area contributed by atoms with Gasteiger partial charge < -0.3 is 0 Å². The molecule has 0 aliphatic carbocycles. The number of nitro groups is 1. The van der Waals surface area contributed by atoms with Crippen molar-refractivity contribution in [1.82, 2.24) is 0 Å². The average molecular weight is 284 g/mol. The van der Waals surface area contributed by atoms with Crippen LogP contribution in [0, 0.1) is 15.9 Å². The van der Waals surface area contributed by atoms with Crippen LogP contribution in [0.15, 0.2) is 52.3 Å². The Bertz CT molecular complexity index is 606. The molecule has 18 heavy (non-hydrogen) atoms. The van der Waals surface area contributed by atoms with Gasteiger partial charge in [-0.3, -0.25) is 10.1 Å². The highest BCUT2D eigenvalue weighted by Gasteiger charge is 2.14. The summed E-state index contributed by atoms with van der Waals surface area (Å²) in [5.74, 6) is -0.541. The monoisotopic (exact) mass is 283 g/mol. The summed E-state index contributed by atoms with van der Waals surface area (Å²) >= 11 is 6.70. The number of nitrogens with zero attached hydrogens (tertiary/aromatic N) is 1. The molecule has 6 heteroatoms. The maximum absolute atomic E-state index is 13.3. The molecule has 0 unspecified atom stereocenters. The van der Waals surface area contributed by atoms with Gasteiger partial charge in [0, 0.05) is 11.0 Å². The molecular weight excluding hydrogens is 277 g/mol. The van der Waals surface area contributed by atoms with Gasteiger partial charge in [-0.05, 0) is 24.3 Å². The molecule has 0 atom stereocenters. The van der Waals surface area contributed by atoms with E-state index in [-0.39, 0.29) is 10.7 Å². The molecule has 2 rings (SSSR count). The number of rotatable bonds is 3. The molecule has 0 aliphatic heterocycles. The highest BCUT2D eigenvalue weighted by atomic mass is 35.5. The molecule has 0 radical (unpaired) electrons. The Morgan fingerprint density at radius 1 is 1.22 bits per heavy atom. The van der Waals surface area contributed by atoms with Crippen molar-refractivity contribution in [3.63, 3.8) is 0 Å². The number of benzene rings is 2. The second-order valence-corrected chi connectivity index (χ2v) is 4.93. The molecule has 0 heterocycles. The van der Waals surface area contributed by atoms with Crippen LogP contribution in [0.4, 0.5) is 10.1 Å². The van der Waals surface area contributed by atoms with Crippen molar-refractivity contribution < 1.29 is 9.31 Å². The first kappa shape index (κ1) is 12.9. The number of para-hydroxylation sites is 1. The summed E-state index contributed by atoms with van der Waals surface area (Å²) in [6.45, 7) is 0. The van der Waals surface area contributed by atoms with E-state index >= 15 is 0 Å². The average Bonchev–Trinajstić information content (AvgIpc) is 2.34. The minimum atomic E-state index is -0.541. The summed E-state index contributed by atoms with van der Waals surface area (Å²) in [5, 5.41) is 10.9. The molecule has 0 saturated carbocycles. The topological polar surface area (TPSA) is 43.1 Å². The smallest absolute Gasteiger partial charge is 0.258 e. The zero-order chi connectivity index (χ0) is 13.1. The van der Waals surface area contributed by atoms with Gasteiger partial charge in [-0.2, -0.15) is 0 Å². The molecular formula is C12H7ClFNO2S. The molecule has 0 N–H and O–H groups in total. The van der Waals surface area contributed by atoms with Gasteiger partial charge in [0.05, 0.1) is 14.8 Å². The first-order chi connectivity index (χ1) is 8.58. The Hall–Kier alpha value is -1.59. The van der Waals surface area contributed by atoms with E-state index in [1.807, 2.05) is 0 Å². The predicted molar refractivity (Wildman–Crippen MR) is 68.6 cm³/mol. The fourth-order valence-corrected chi connectivity index (χ4v) is 2.43. The van der Waals surface area contributed by atoms with Crippen LogP contribution in [0.2, 0.25) is 5.02 Å². The lowest BCUT2D eigenvalue weighted by Gasteiger charge is -2.03. The van der Waals surface area contributed by atoms with Crippen LogP contribution < -0.4 is 0 Å². The minimum Gasteiger partial charge on any atom is -0.258 e. The molecule has 0 spiro atoms. The van der Waals surface area contributed by atoms with Crippen LogP contribution in [0.3, 0.4) is 0 Å². The molecule has 92 valence electrons. The second kappa shape index (κ2) is 5.37. The van der Waals surface area contributed by atoms with Crippen LogP contribution in [0.1, 0.15) is 0 Å². The third kappa shape index (κ3) is 2.80. The maximum Gasteiger partial charge on any atom is 0.283 e. The lowest BCUT2D eigenvalue weighted by molar-refractivity contribution is -0.387. The summed E-state index contributed by atoms with van der Waals surface area (Å²) in [4.78, 5) is 11.4. The summed E-state index contributed by atoms with van der Waals surface area (Å²) < 4.78 is 13.3. The van der Waals surface area contributed by atoms with Crippen LogP contribution >= 0.6 is 23.4 Å². The van der Waals surface area contributed by atoms with Crippen molar-refractivity contribution in [3.8, 4) is 0 Å². The van der Waals surface area contributed by atoms with E-state index in [0.29, 0.717) is 9.79 Å². The lowest BCUT2D eigenvalue weighted by Crippen LogP contribution is -1.90. The molecule has 0 amide bonds. The van der Waals surface area contributed by atoms with Crippen molar-refractivity contribution in [2.75, 3.05) is 0 Å². The van der Waals surface area contributed by atoms with Gasteiger partial charge in [0.25, 0.3) is 5.69 Å². The number of hydrogen-bond acceptors (Lipinski definition) is 3. The van der Waals surface area contributed by atoms with E-state index in [1.54, 1.807) is 24.3 Å². The number of halogens is 2. The quantitative estimate of drug-likeness (QED) is 0.613. The molecule has 0 saturated heterocycles. The van der Waals surface area contributed by atoms with Gasteiger partial charge in [-0.1, -0.05) is 35.5 Å². The summed E-state index contributed by atoms with van der Waals surface area (Å²) in [5.41, 5.74) is -0.00198. The second-order valence-electron chi connectivity index (χ2n) is 3.40. The fourth-order valence-electron chi connectivity index (χ4n) is 1.36. The van der Waals surface area contributed by atoms with Gasteiger partial charge in [0.15, 0.2) is 0 Å². The Morgan fingerprint density at radius 3 is 2.61 bits per heavy atom. The van der Waals surface area contributed by atoms with Crippen LogP contribution in [0.25, 0.3) is 0 Å². The Kier molecular flexibility index (Phi) is 3.84. The highest BCUT2D eigenvalue weighted by Crippen LogP contribution is 2.35. The Morgan fingerprint density at radius 2 is 1.94 bits per heavy atom.